The molecular weight excluding hydrogens is 464 g/mol. The van der Waals surface area contributed by atoms with E-state index >= 15 is 0 Å². The number of amides is 2. The molecule has 4 rings (SSSR count). The Morgan fingerprint density at radius 3 is 2.69 bits per heavy atom. The molecule has 2 aromatic carbocycles. The molecule has 0 bridgehead atoms. The molecule has 0 fully saturated rings. The number of benzene rings is 2. The molecular formula is C25H24N6O3S. The lowest BCUT2D eigenvalue weighted by molar-refractivity contribution is -0.113. The second-order valence-corrected chi connectivity index (χ2v) is 8.54. The Kier molecular flexibility index (Phi) is 8.08. The highest BCUT2D eigenvalue weighted by Crippen LogP contribution is 2.16. The van der Waals surface area contributed by atoms with Gasteiger partial charge in [-0.3, -0.25) is 9.59 Å². The second-order valence-electron chi connectivity index (χ2n) is 7.60. The number of hydrogen-bond acceptors (Lipinski definition) is 7. The smallest absolute Gasteiger partial charge is 0.251 e. The topological polar surface area (TPSA) is 111 Å². The van der Waals surface area contributed by atoms with Crippen LogP contribution < -0.4 is 15.4 Å². The van der Waals surface area contributed by atoms with Crippen molar-refractivity contribution in [3.05, 3.63) is 95.9 Å². The van der Waals surface area contributed by atoms with Gasteiger partial charge in [0.25, 0.3) is 5.91 Å². The molecule has 2 heterocycles. The summed E-state index contributed by atoms with van der Waals surface area (Å²) in [4.78, 5) is 29.2. The third kappa shape index (κ3) is 7.15. The van der Waals surface area contributed by atoms with E-state index in [4.69, 9.17) is 4.74 Å². The number of aryl methyl sites for hydroxylation is 1. The standard InChI is InChI=1S/C25H24N6O3S/c1-31-17-28-30-25(31)35-16-22(32)29-21-9-5-8-20(13-21)24(33)27-14-19-10-11-26-23(12-19)34-15-18-6-3-2-4-7-18/h2-13,17H,14-16H2,1H3,(H,27,33)(H,29,32). The van der Waals surface area contributed by atoms with E-state index in [-0.39, 0.29) is 17.6 Å². The van der Waals surface area contributed by atoms with E-state index in [0.717, 1.165) is 11.1 Å². The van der Waals surface area contributed by atoms with E-state index in [1.807, 2.05) is 43.4 Å². The van der Waals surface area contributed by atoms with Crippen molar-refractivity contribution in [2.45, 2.75) is 18.3 Å². The van der Waals surface area contributed by atoms with Gasteiger partial charge >= 0.3 is 0 Å². The highest BCUT2D eigenvalue weighted by Gasteiger charge is 2.10. The van der Waals surface area contributed by atoms with Crippen molar-refractivity contribution >= 4 is 29.3 Å². The largest absolute Gasteiger partial charge is 0.473 e. The van der Waals surface area contributed by atoms with Gasteiger partial charge in [-0.1, -0.05) is 48.2 Å². The Balaban J connectivity index is 1.28. The monoisotopic (exact) mass is 488 g/mol. The zero-order valence-electron chi connectivity index (χ0n) is 19.0. The van der Waals surface area contributed by atoms with E-state index in [2.05, 4.69) is 25.8 Å². The van der Waals surface area contributed by atoms with Crippen LogP contribution in [0.4, 0.5) is 5.69 Å². The van der Waals surface area contributed by atoms with Crippen molar-refractivity contribution in [3.8, 4) is 5.88 Å². The summed E-state index contributed by atoms with van der Waals surface area (Å²) in [6.07, 6.45) is 3.23. The van der Waals surface area contributed by atoms with E-state index in [0.29, 0.717) is 35.4 Å². The van der Waals surface area contributed by atoms with Gasteiger partial charge in [-0.15, -0.1) is 10.2 Å². The Bertz CT molecular complexity index is 1300. The van der Waals surface area contributed by atoms with Crippen LogP contribution in [-0.2, 0) is 25.0 Å². The molecule has 0 saturated carbocycles. The SMILES string of the molecule is Cn1cnnc1SCC(=O)Nc1cccc(C(=O)NCc2ccnc(OCc3ccccc3)c2)c1. The highest BCUT2D eigenvalue weighted by atomic mass is 32.2. The average Bonchev–Trinajstić information content (AvgIpc) is 3.30. The quantitative estimate of drug-likeness (QED) is 0.329. The number of carbonyl (C=O) groups is 2. The minimum absolute atomic E-state index is 0.180. The van der Waals surface area contributed by atoms with Gasteiger partial charge in [0.2, 0.25) is 11.8 Å². The van der Waals surface area contributed by atoms with Crippen molar-refractivity contribution in [1.29, 1.82) is 0 Å². The number of nitrogens with one attached hydrogen (secondary N) is 2. The van der Waals surface area contributed by atoms with Gasteiger partial charge in [-0.25, -0.2) is 4.98 Å². The van der Waals surface area contributed by atoms with E-state index in [9.17, 15) is 9.59 Å². The molecule has 35 heavy (non-hydrogen) atoms. The van der Waals surface area contributed by atoms with Crippen LogP contribution in [-0.4, -0.2) is 37.3 Å². The van der Waals surface area contributed by atoms with Crippen molar-refractivity contribution in [1.82, 2.24) is 25.1 Å². The normalized spacial score (nSPS) is 10.5. The summed E-state index contributed by atoms with van der Waals surface area (Å²) in [7, 11) is 1.81. The van der Waals surface area contributed by atoms with Crippen LogP contribution in [0.15, 0.2) is 84.4 Å². The summed E-state index contributed by atoms with van der Waals surface area (Å²) >= 11 is 1.28. The van der Waals surface area contributed by atoms with Crippen LogP contribution in [0.25, 0.3) is 0 Å². The predicted molar refractivity (Wildman–Crippen MR) is 133 cm³/mol. The molecule has 2 N–H and O–H groups in total. The predicted octanol–water partition coefficient (Wildman–Crippen LogP) is 3.45. The minimum Gasteiger partial charge on any atom is -0.473 e. The fraction of sp³-hybridized carbons (Fsp3) is 0.160. The van der Waals surface area contributed by atoms with Gasteiger partial charge in [0.15, 0.2) is 5.16 Å². The van der Waals surface area contributed by atoms with Gasteiger partial charge < -0.3 is 19.9 Å². The number of nitrogens with zero attached hydrogens (tertiary/aromatic N) is 4. The fourth-order valence-electron chi connectivity index (χ4n) is 3.12. The molecule has 0 aliphatic carbocycles. The third-order valence-corrected chi connectivity index (χ3v) is 5.93. The van der Waals surface area contributed by atoms with Crippen LogP contribution in [0.1, 0.15) is 21.5 Å². The number of anilines is 1. The van der Waals surface area contributed by atoms with E-state index in [1.165, 1.54) is 11.8 Å². The van der Waals surface area contributed by atoms with Gasteiger partial charge in [0, 0.05) is 37.1 Å². The molecule has 0 unspecified atom stereocenters. The zero-order chi connectivity index (χ0) is 24.5. The maximum Gasteiger partial charge on any atom is 0.251 e. The van der Waals surface area contributed by atoms with E-state index < -0.39 is 0 Å². The molecule has 4 aromatic rings. The maximum absolute atomic E-state index is 12.7. The first-order valence-electron chi connectivity index (χ1n) is 10.8. The molecule has 9 nitrogen and oxygen atoms in total. The first-order valence-corrected chi connectivity index (χ1v) is 11.8. The number of pyridine rings is 1. The van der Waals surface area contributed by atoms with Crippen molar-refractivity contribution in [3.63, 3.8) is 0 Å². The number of rotatable bonds is 10. The second kappa shape index (κ2) is 11.8. The summed E-state index contributed by atoms with van der Waals surface area (Å²) in [5.41, 5.74) is 2.90. The van der Waals surface area contributed by atoms with Gasteiger partial charge in [0.05, 0.1) is 5.75 Å². The molecule has 2 amide bonds. The third-order valence-electron chi connectivity index (χ3n) is 4.89. The molecule has 178 valence electrons. The summed E-state index contributed by atoms with van der Waals surface area (Å²) in [5.74, 6) is 0.220. The molecule has 0 aliphatic rings. The molecule has 0 saturated heterocycles. The van der Waals surface area contributed by atoms with Crippen LogP contribution >= 0.6 is 11.8 Å². The van der Waals surface area contributed by atoms with Crippen molar-refractivity contribution < 1.29 is 14.3 Å². The lowest BCUT2D eigenvalue weighted by atomic mass is 10.1. The zero-order valence-corrected chi connectivity index (χ0v) is 19.9. The Morgan fingerprint density at radius 2 is 1.89 bits per heavy atom. The first-order chi connectivity index (χ1) is 17.1. The van der Waals surface area contributed by atoms with Gasteiger partial charge in [0.1, 0.15) is 12.9 Å². The number of thioether (sulfide) groups is 1. The molecule has 10 heteroatoms. The molecule has 0 radical (unpaired) electrons. The average molecular weight is 489 g/mol. The number of hydrogen-bond donors (Lipinski definition) is 2. The number of aromatic nitrogens is 4. The summed E-state index contributed by atoms with van der Waals surface area (Å²) in [5, 5.41) is 14.1. The van der Waals surface area contributed by atoms with Crippen LogP contribution in [0.3, 0.4) is 0 Å². The van der Waals surface area contributed by atoms with Crippen LogP contribution in [0.5, 0.6) is 5.88 Å². The molecule has 0 aliphatic heterocycles. The lowest BCUT2D eigenvalue weighted by Crippen LogP contribution is -2.23. The highest BCUT2D eigenvalue weighted by molar-refractivity contribution is 7.99. The van der Waals surface area contributed by atoms with Crippen molar-refractivity contribution in [2.24, 2.45) is 7.05 Å². The Labute approximate surface area is 206 Å². The van der Waals surface area contributed by atoms with Gasteiger partial charge in [-0.05, 0) is 35.4 Å². The van der Waals surface area contributed by atoms with Gasteiger partial charge in [-0.2, -0.15) is 0 Å². The van der Waals surface area contributed by atoms with Crippen molar-refractivity contribution in [2.75, 3.05) is 11.1 Å². The lowest BCUT2D eigenvalue weighted by Gasteiger charge is -2.10. The molecule has 2 aromatic heterocycles. The van der Waals surface area contributed by atoms with Crippen LogP contribution in [0, 0.1) is 0 Å². The summed E-state index contributed by atoms with van der Waals surface area (Å²) in [6, 6.07) is 20.2. The summed E-state index contributed by atoms with van der Waals surface area (Å²) in [6.45, 7) is 0.729. The molecule has 0 atom stereocenters. The fourth-order valence-corrected chi connectivity index (χ4v) is 3.81. The molecule has 0 spiro atoms. The number of carbonyl (C=O) groups excluding carboxylic acids is 2. The summed E-state index contributed by atoms with van der Waals surface area (Å²) < 4.78 is 7.49. The van der Waals surface area contributed by atoms with Crippen LogP contribution in [0.2, 0.25) is 0 Å². The number of ether oxygens (including phenoxy) is 1. The maximum atomic E-state index is 12.7. The Hall–Kier alpha value is -4.18. The minimum atomic E-state index is -0.252. The first kappa shape index (κ1) is 24.0. The van der Waals surface area contributed by atoms with E-state index in [1.54, 1.807) is 47.4 Å². The Morgan fingerprint density at radius 1 is 1.03 bits per heavy atom.